The Bertz CT molecular complexity index is 549. The Morgan fingerprint density at radius 3 is 2.65 bits per heavy atom. The van der Waals surface area contributed by atoms with E-state index in [1.807, 2.05) is 12.4 Å². The molecule has 0 fully saturated rings. The zero-order chi connectivity index (χ0) is 14.5. The first-order chi connectivity index (χ1) is 9.56. The van der Waals surface area contributed by atoms with Crippen LogP contribution in [0.5, 0.6) is 0 Å². The number of hydrogen-bond donors (Lipinski definition) is 1. The molecule has 108 valence electrons. The van der Waals surface area contributed by atoms with Crippen molar-refractivity contribution in [2.75, 3.05) is 20.6 Å². The molecular weight excluding hydrogens is 246 g/mol. The van der Waals surface area contributed by atoms with Gasteiger partial charge in [-0.3, -0.25) is 4.98 Å². The van der Waals surface area contributed by atoms with E-state index in [0.29, 0.717) is 12.0 Å². The second-order valence-corrected chi connectivity index (χ2v) is 6.05. The lowest BCUT2D eigenvalue weighted by molar-refractivity contribution is 0.288. The van der Waals surface area contributed by atoms with Crippen LogP contribution in [0, 0.1) is 5.92 Å². The summed E-state index contributed by atoms with van der Waals surface area (Å²) in [4.78, 5) is 6.39. The number of rotatable bonds is 6. The van der Waals surface area contributed by atoms with Crippen molar-refractivity contribution in [3.8, 4) is 0 Å². The van der Waals surface area contributed by atoms with E-state index in [4.69, 9.17) is 0 Å². The first-order valence-corrected chi connectivity index (χ1v) is 7.27. The van der Waals surface area contributed by atoms with Crippen molar-refractivity contribution < 1.29 is 0 Å². The van der Waals surface area contributed by atoms with E-state index in [-0.39, 0.29) is 0 Å². The molecule has 0 radical (unpaired) electrons. The third kappa shape index (κ3) is 4.02. The minimum atomic E-state index is 0.512. The quantitative estimate of drug-likeness (QED) is 0.875. The van der Waals surface area contributed by atoms with Crippen molar-refractivity contribution in [2.24, 2.45) is 5.92 Å². The zero-order valence-corrected chi connectivity index (χ0v) is 12.9. The van der Waals surface area contributed by atoms with Crippen LogP contribution in [0.4, 0.5) is 0 Å². The normalized spacial score (nSPS) is 13.3. The Balaban J connectivity index is 2.03. The highest BCUT2D eigenvalue weighted by Gasteiger charge is 2.13. The molecule has 1 N–H and O–H groups in total. The van der Waals surface area contributed by atoms with Gasteiger partial charge in [0.05, 0.1) is 0 Å². The number of likely N-dealkylation sites (N-methyl/N-ethyl adjacent to an activating group) is 1. The highest BCUT2D eigenvalue weighted by atomic mass is 15.1. The fourth-order valence-corrected chi connectivity index (χ4v) is 2.40. The number of pyridine rings is 1. The van der Waals surface area contributed by atoms with Crippen LogP contribution in [-0.4, -0.2) is 36.6 Å². The first-order valence-electron chi connectivity index (χ1n) is 7.27. The first kappa shape index (κ1) is 14.9. The molecule has 0 saturated carbocycles. The van der Waals surface area contributed by atoms with Gasteiger partial charge >= 0.3 is 0 Å². The maximum absolute atomic E-state index is 4.15. The number of hydrogen-bond acceptors (Lipinski definition) is 3. The van der Waals surface area contributed by atoms with Crippen LogP contribution in [0.3, 0.4) is 0 Å². The van der Waals surface area contributed by atoms with Gasteiger partial charge in [-0.15, -0.1) is 0 Å². The van der Waals surface area contributed by atoms with Crippen LogP contribution >= 0.6 is 0 Å². The Labute approximate surface area is 122 Å². The molecule has 2 aromatic rings. The number of nitrogens with one attached hydrogen (secondary N) is 1. The Hall–Kier alpha value is -1.45. The third-order valence-corrected chi connectivity index (χ3v) is 3.64. The van der Waals surface area contributed by atoms with Crippen molar-refractivity contribution in [3.63, 3.8) is 0 Å². The van der Waals surface area contributed by atoms with E-state index < -0.39 is 0 Å². The van der Waals surface area contributed by atoms with E-state index in [1.165, 1.54) is 16.3 Å². The lowest BCUT2D eigenvalue weighted by atomic mass is 10.0. The van der Waals surface area contributed by atoms with Gasteiger partial charge in [-0.25, -0.2) is 0 Å². The summed E-state index contributed by atoms with van der Waals surface area (Å²) in [7, 11) is 4.25. The maximum atomic E-state index is 4.15. The summed E-state index contributed by atoms with van der Waals surface area (Å²) in [5.41, 5.74) is 1.33. The monoisotopic (exact) mass is 271 g/mol. The third-order valence-electron chi connectivity index (χ3n) is 3.64. The molecular formula is C17H25N3. The van der Waals surface area contributed by atoms with Gasteiger partial charge in [0.1, 0.15) is 0 Å². The summed E-state index contributed by atoms with van der Waals surface area (Å²) < 4.78 is 0. The molecule has 1 aromatic carbocycles. The molecule has 0 saturated heterocycles. The molecule has 0 amide bonds. The van der Waals surface area contributed by atoms with Gasteiger partial charge in [0.2, 0.25) is 0 Å². The maximum Gasteiger partial charge on any atom is 0.0346 e. The van der Waals surface area contributed by atoms with Crippen molar-refractivity contribution in [2.45, 2.75) is 26.4 Å². The Kier molecular flexibility index (Phi) is 5.10. The molecule has 0 bridgehead atoms. The van der Waals surface area contributed by atoms with Gasteiger partial charge in [0.25, 0.3) is 0 Å². The predicted octanol–water partition coefficient (Wildman–Crippen LogP) is 2.91. The molecule has 0 aliphatic heterocycles. The summed E-state index contributed by atoms with van der Waals surface area (Å²) in [6.07, 6.45) is 3.76. The highest BCUT2D eigenvalue weighted by Crippen LogP contribution is 2.15. The van der Waals surface area contributed by atoms with Crippen molar-refractivity contribution in [1.29, 1.82) is 0 Å². The smallest absolute Gasteiger partial charge is 0.0346 e. The average molecular weight is 271 g/mol. The number of nitrogens with zero attached hydrogens (tertiary/aromatic N) is 2. The van der Waals surface area contributed by atoms with Crippen molar-refractivity contribution >= 4 is 10.8 Å². The summed E-state index contributed by atoms with van der Waals surface area (Å²) in [5.74, 6) is 0.627. The molecule has 3 nitrogen and oxygen atoms in total. The van der Waals surface area contributed by atoms with E-state index in [2.05, 4.69) is 67.4 Å². The van der Waals surface area contributed by atoms with Crippen LogP contribution in [0.1, 0.15) is 19.4 Å². The van der Waals surface area contributed by atoms with Crippen LogP contribution in [0.2, 0.25) is 0 Å². The average Bonchev–Trinajstić information content (AvgIpc) is 2.42. The molecule has 1 aromatic heterocycles. The van der Waals surface area contributed by atoms with Gasteiger partial charge in [-0.05, 0) is 43.1 Å². The predicted molar refractivity (Wildman–Crippen MR) is 85.8 cm³/mol. The van der Waals surface area contributed by atoms with Crippen LogP contribution in [-0.2, 0) is 6.54 Å². The summed E-state index contributed by atoms with van der Waals surface area (Å²) in [6, 6.07) is 9.16. The van der Waals surface area contributed by atoms with E-state index in [9.17, 15) is 0 Å². The van der Waals surface area contributed by atoms with Crippen molar-refractivity contribution in [1.82, 2.24) is 15.2 Å². The summed E-state index contributed by atoms with van der Waals surface area (Å²) >= 11 is 0. The van der Waals surface area contributed by atoms with Crippen molar-refractivity contribution in [3.05, 3.63) is 42.2 Å². The summed E-state index contributed by atoms with van der Waals surface area (Å²) in [5, 5.41) is 6.13. The Morgan fingerprint density at radius 1 is 1.15 bits per heavy atom. The fraction of sp³-hybridized carbons (Fsp3) is 0.471. The molecule has 20 heavy (non-hydrogen) atoms. The zero-order valence-electron chi connectivity index (χ0n) is 12.9. The molecule has 3 heteroatoms. The molecule has 1 unspecified atom stereocenters. The highest BCUT2D eigenvalue weighted by molar-refractivity contribution is 5.81. The molecule has 1 atom stereocenters. The van der Waals surface area contributed by atoms with Crippen LogP contribution in [0.15, 0.2) is 36.7 Å². The molecule has 0 aliphatic rings. The van der Waals surface area contributed by atoms with Gasteiger partial charge in [-0.2, -0.15) is 0 Å². The van der Waals surface area contributed by atoms with Gasteiger partial charge in [0, 0.05) is 36.9 Å². The largest absolute Gasteiger partial charge is 0.308 e. The van der Waals surface area contributed by atoms with E-state index in [1.54, 1.807) is 0 Å². The van der Waals surface area contributed by atoms with Crippen LogP contribution < -0.4 is 5.32 Å². The van der Waals surface area contributed by atoms with Gasteiger partial charge in [0.15, 0.2) is 0 Å². The fourth-order valence-electron chi connectivity index (χ4n) is 2.40. The number of benzene rings is 1. The van der Waals surface area contributed by atoms with Gasteiger partial charge < -0.3 is 10.2 Å². The SMILES string of the molecule is CC(C)C(CN(C)C)NCc1ccc2cnccc2c1. The standard InChI is InChI=1S/C17H25N3/c1-13(2)17(12-20(3)4)19-10-14-5-6-16-11-18-8-7-15(16)9-14/h5-9,11,13,17,19H,10,12H2,1-4H3. The van der Waals surface area contributed by atoms with Crippen LogP contribution in [0.25, 0.3) is 10.8 Å². The van der Waals surface area contributed by atoms with E-state index in [0.717, 1.165) is 13.1 Å². The molecule has 1 heterocycles. The van der Waals surface area contributed by atoms with Gasteiger partial charge in [-0.1, -0.05) is 26.0 Å². The molecule has 0 spiro atoms. The second kappa shape index (κ2) is 6.82. The summed E-state index contributed by atoms with van der Waals surface area (Å²) in [6.45, 7) is 6.52. The minimum Gasteiger partial charge on any atom is -0.308 e. The van der Waals surface area contributed by atoms with E-state index >= 15 is 0 Å². The minimum absolute atomic E-state index is 0.512. The number of aromatic nitrogens is 1. The Morgan fingerprint density at radius 2 is 1.95 bits per heavy atom. The second-order valence-electron chi connectivity index (χ2n) is 6.05. The topological polar surface area (TPSA) is 28.2 Å². The number of fused-ring (bicyclic) bond motifs is 1. The lowest BCUT2D eigenvalue weighted by Crippen LogP contribution is -2.41. The molecule has 2 rings (SSSR count). The molecule has 0 aliphatic carbocycles. The lowest BCUT2D eigenvalue weighted by Gasteiger charge is -2.25.